The zero-order valence-corrected chi connectivity index (χ0v) is 15.0. The molecule has 3 rings (SSSR count). The SMILES string of the molecule is CC[C@H](C)NC(=O)[C@@H]1CSCN1C(=O)Cc1ccc2c(c1)CCO2. The molecular formula is C18H24N2O3S. The summed E-state index contributed by atoms with van der Waals surface area (Å²) in [6.45, 7) is 4.74. The molecule has 2 aliphatic heterocycles. The van der Waals surface area contributed by atoms with Gasteiger partial charge < -0.3 is 15.0 Å². The van der Waals surface area contributed by atoms with Gasteiger partial charge >= 0.3 is 0 Å². The zero-order chi connectivity index (χ0) is 17.1. The fraction of sp³-hybridized carbons (Fsp3) is 0.556. The van der Waals surface area contributed by atoms with Gasteiger partial charge in [-0.2, -0.15) is 0 Å². The minimum atomic E-state index is -0.353. The molecule has 5 nitrogen and oxygen atoms in total. The monoisotopic (exact) mass is 348 g/mol. The number of carbonyl (C=O) groups is 2. The summed E-state index contributed by atoms with van der Waals surface area (Å²) in [7, 11) is 0. The highest BCUT2D eigenvalue weighted by Crippen LogP contribution is 2.27. The van der Waals surface area contributed by atoms with Crippen molar-refractivity contribution in [2.24, 2.45) is 0 Å². The highest BCUT2D eigenvalue weighted by atomic mass is 32.2. The van der Waals surface area contributed by atoms with Gasteiger partial charge in [-0.15, -0.1) is 11.8 Å². The quantitative estimate of drug-likeness (QED) is 0.884. The van der Waals surface area contributed by atoms with E-state index in [2.05, 4.69) is 11.4 Å². The van der Waals surface area contributed by atoms with Crippen molar-refractivity contribution in [3.8, 4) is 5.75 Å². The van der Waals surface area contributed by atoms with Gasteiger partial charge in [0.2, 0.25) is 11.8 Å². The van der Waals surface area contributed by atoms with E-state index in [-0.39, 0.29) is 23.9 Å². The molecule has 0 saturated carbocycles. The lowest BCUT2D eigenvalue weighted by atomic mass is 10.1. The molecule has 2 heterocycles. The molecule has 0 aliphatic carbocycles. The Bertz CT molecular complexity index is 635. The van der Waals surface area contributed by atoms with Crippen LogP contribution in [-0.2, 0) is 22.4 Å². The molecule has 0 bridgehead atoms. The van der Waals surface area contributed by atoms with Gasteiger partial charge in [-0.05, 0) is 30.5 Å². The summed E-state index contributed by atoms with van der Waals surface area (Å²) in [6, 6.07) is 5.72. The van der Waals surface area contributed by atoms with Crippen molar-refractivity contribution in [3.05, 3.63) is 29.3 Å². The third kappa shape index (κ3) is 3.69. The fourth-order valence-electron chi connectivity index (χ4n) is 2.97. The maximum atomic E-state index is 12.7. The lowest BCUT2D eigenvalue weighted by Gasteiger charge is -2.24. The first-order valence-corrected chi connectivity index (χ1v) is 9.66. The van der Waals surface area contributed by atoms with Crippen molar-refractivity contribution in [1.82, 2.24) is 10.2 Å². The van der Waals surface area contributed by atoms with Crippen LogP contribution in [0.1, 0.15) is 31.4 Å². The molecule has 0 unspecified atom stereocenters. The number of rotatable bonds is 5. The molecular weight excluding hydrogens is 324 g/mol. The van der Waals surface area contributed by atoms with E-state index in [0.717, 1.165) is 24.2 Å². The van der Waals surface area contributed by atoms with Crippen LogP contribution in [0.4, 0.5) is 0 Å². The Hall–Kier alpha value is -1.69. The summed E-state index contributed by atoms with van der Waals surface area (Å²) in [4.78, 5) is 26.8. The van der Waals surface area contributed by atoms with Crippen LogP contribution in [0.15, 0.2) is 18.2 Å². The number of amides is 2. The number of ether oxygens (including phenoxy) is 1. The van der Waals surface area contributed by atoms with Gasteiger partial charge in [-0.3, -0.25) is 9.59 Å². The van der Waals surface area contributed by atoms with Crippen molar-refractivity contribution in [2.75, 3.05) is 18.2 Å². The van der Waals surface area contributed by atoms with Crippen LogP contribution >= 0.6 is 11.8 Å². The number of benzene rings is 1. The van der Waals surface area contributed by atoms with Crippen LogP contribution < -0.4 is 10.1 Å². The number of thioether (sulfide) groups is 1. The maximum Gasteiger partial charge on any atom is 0.243 e. The Morgan fingerprint density at radius 1 is 1.46 bits per heavy atom. The lowest BCUT2D eigenvalue weighted by molar-refractivity contribution is -0.137. The minimum Gasteiger partial charge on any atom is -0.493 e. The van der Waals surface area contributed by atoms with E-state index in [0.29, 0.717) is 24.7 Å². The van der Waals surface area contributed by atoms with Gasteiger partial charge in [0, 0.05) is 18.2 Å². The average Bonchev–Trinajstić information content (AvgIpc) is 3.23. The first-order chi connectivity index (χ1) is 11.6. The molecule has 130 valence electrons. The first-order valence-electron chi connectivity index (χ1n) is 8.50. The van der Waals surface area contributed by atoms with E-state index in [1.165, 1.54) is 5.56 Å². The number of hydrogen-bond acceptors (Lipinski definition) is 4. The molecule has 0 aromatic heterocycles. The fourth-order valence-corrected chi connectivity index (χ4v) is 4.15. The second-order valence-corrected chi connectivity index (χ2v) is 7.41. The van der Waals surface area contributed by atoms with Crippen molar-refractivity contribution < 1.29 is 14.3 Å². The Morgan fingerprint density at radius 2 is 2.29 bits per heavy atom. The first kappa shape index (κ1) is 17.1. The Balaban J connectivity index is 1.64. The molecule has 1 saturated heterocycles. The average molecular weight is 348 g/mol. The van der Waals surface area contributed by atoms with E-state index in [1.54, 1.807) is 16.7 Å². The van der Waals surface area contributed by atoms with Gasteiger partial charge in [0.15, 0.2) is 0 Å². The number of nitrogens with zero attached hydrogens (tertiary/aromatic N) is 1. The summed E-state index contributed by atoms with van der Waals surface area (Å²) < 4.78 is 5.50. The van der Waals surface area contributed by atoms with Crippen molar-refractivity contribution >= 4 is 23.6 Å². The molecule has 2 atom stereocenters. The van der Waals surface area contributed by atoms with Gasteiger partial charge in [0.1, 0.15) is 11.8 Å². The predicted molar refractivity (Wildman–Crippen MR) is 95.2 cm³/mol. The molecule has 1 aromatic rings. The van der Waals surface area contributed by atoms with Crippen LogP contribution in [-0.4, -0.2) is 47.0 Å². The van der Waals surface area contributed by atoms with E-state index in [1.807, 2.05) is 26.0 Å². The molecule has 2 aliphatic rings. The third-order valence-corrected chi connectivity index (χ3v) is 5.63. The molecule has 6 heteroatoms. The molecule has 24 heavy (non-hydrogen) atoms. The maximum absolute atomic E-state index is 12.7. The zero-order valence-electron chi connectivity index (χ0n) is 14.2. The number of carbonyl (C=O) groups excluding carboxylic acids is 2. The van der Waals surface area contributed by atoms with E-state index in [9.17, 15) is 9.59 Å². The molecule has 0 spiro atoms. The summed E-state index contributed by atoms with van der Waals surface area (Å²) in [6.07, 6.45) is 2.12. The van der Waals surface area contributed by atoms with Crippen molar-refractivity contribution in [2.45, 2.75) is 45.2 Å². The van der Waals surface area contributed by atoms with Crippen molar-refractivity contribution in [1.29, 1.82) is 0 Å². The number of fused-ring (bicyclic) bond motifs is 1. The van der Waals surface area contributed by atoms with Crippen LogP contribution in [0, 0.1) is 0 Å². The molecule has 2 amide bonds. The third-order valence-electron chi connectivity index (χ3n) is 4.62. The smallest absolute Gasteiger partial charge is 0.243 e. The number of nitrogens with one attached hydrogen (secondary N) is 1. The largest absolute Gasteiger partial charge is 0.493 e. The van der Waals surface area contributed by atoms with Crippen LogP contribution in [0.25, 0.3) is 0 Å². The highest BCUT2D eigenvalue weighted by Gasteiger charge is 2.34. The second kappa shape index (κ2) is 7.47. The Labute approximate surface area is 147 Å². The van der Waals surface area contributed by atoms with Gasteiger partial charge in [-0.25, -0.2) is 0 Å². The van der Waals surface area contributed by atoms with E-state index >= 15 is 0 Å². The summed E-state index contributed by atoms with van der Waals surface area (Å²) in [5.41, 5.74) is 2.16. The predicted octanol–water partition coefficient (Wildman–Crippen LogP) is 1.98. The number of hydrogen-bond donors (Lipinski definition) is 1. The topological polar surface area (TPSA) is 58.6 Å². The standard InChI is InChI=1S/C18H24N2O3S/c1-3-12(2)19-18(22)15-10-24-11-20(15)17(21)9-13-4-5-16-14(8-13)6-7-23-16/h4-5,8,12,15H,3,6-7,9-11H2,1-2H3,(H,19,22)/t12-,15-/m0/s1. The highest BCUT2D eigenvalue weighted by molar-refractivity contribution is 7.99. The molecule has 0 radical (unpaired) electrons. The lowest BCUT2D eigenvalue weighted by Crippen LogP contribution is -2.49. The summed E-state index contributed by atoms with van der Waals surface area (Å²) in [5.74, 6) is 2.17. The Kier molecular flexibility index (Phi) is 5.33. The van der Waals surface area contributed by atoms with E-state index in [4.69, 9.17) is 4.74 Å². The Morgan fingerprint density at radius 3 is 3.08 bits per heavy atom. The summed E-state index contributed by atoms with van der Waals surface area (Å²) >= 11 is 1.64. The normalized spacial score (nSPS) is 20.4. The van der Waals surface area contributed by atoms with Crippen molar-refractivity contribution in [3.63, 3.8) is 0 Å². The van der Waals surface area contributed by atoms with Crippen LogP contribution in [0.3, 0.4) is 0 Å². The molecule has 1 aromatic carbocycles. The van der Waals surface area contributed by atoms with Gasteiger partial charge in [0.05, 0.1) is 18.9 Å². The van der Waals surface area contributed by atoms with Gasteiger partial charge in [0.25, 0.3) is 0 Å². The second-order valence-electron chi connectivity index (χ2n) is 6.41. The molecule has 1 N–H and O–H groups in total. The van der Waals surface area contributed by atoms with Crippen LogP contribution in [0.2, 0.25) is 0 Å². The van der Waals surface area contributed by atoms with Gasteiger partial charge in [-0.1, -0.05) is 19.1 Å². The minimum absolute atomic E-state index is 0.0168. The van der Waals surface area contributed by atoms with Crippen LogP contribution in [0.5, 0.6) is 5.75 Å². The molecule has 1 fully saturated rings. The summed E-state index contributed by atoms with van der Waals surface area (Å²) in [5, 5.41) is 2.99. The van der Waals surface area contributed by atoms with E-state index < -0.39 is 0 Å².